The van der Waals surface area contributed by atoms with Crippen molar-refractivity contribution >= 4 is 22.5 Å². The van der Waals surface area contributed by atoms with Crippen molar-refractivity contribution in [2.45, 2.75) is 0 Å². The van der Waals surface area contributed by atoms with Crippen molar-refractivity contribution in [3.8, 4) is 5.75 Å². The first-order valence-electron chi connectivity index (χ1n) is 6.05. The summed E-state index contributed by atoms with van der Waals surface area (Å²) in [6.07, 6.45) is 1.52. The summed E-state index contributed by atoms with van der Waals surface area (Å²) in [6.45, 7) is 0. The van der Waals surface area contributed by atoms with Crippen molar-refractivity contribution < 1.29 is 9.90 Å². The number of anilines is 1. The summed E-state index contributed by atoms with van der Waals surface area (Å²) < 4.78 is 0. The van der Waals surface area contributed by atoms with Crippen LogP contribution in [0.5, 0.6) is 5.75 Å². The quantitative estimate of drug-likeness (QED) is 0.746. The molecule has 5 heteroatoms. The Labute approximate surface area is 114 Å². The first-order chi connectivity index (χ1) is 9.74. The van der Waals surface area contributed by atoms with Crippen LogP contribution in [0.4, 0.5) is 5.82 Å². The first-order valence-corrected chi connectivity index (χ1v) is 6.05. The molecule has 98 valence electrons. The van der Waals surface area contributed by atoms with Crippen LogP contribution in [-0.2, 0) is 0 Å². The average molecular weight is 265 g/mol. The summed E-state index contributed by atoms with van der Waals surface area (Å²) in [5, 5.41) is 21.8. The molecule has 0 fully saturated rings. The van der Waals surface area contributed by atoms with Crippen LogP contribution in [0.1, 0.15) is 10.4 Å². The number of carbonyl (C=O) groups is 1. The molecule has 1 amide bonds. The number of benzene rings is 2. The van der Waals surface area contributed by atoms with Gasteiger partial charge in [0.1, 0.15) is 5.75 Å². The normalized spacial score (nSPS) is 10.4. The fraction of sp³-hybridized carbons (Fsp3) is 0. The minimum Gasteiger partial charge on any atom is -0.507 e. The molecule has 0 saturated carbocycles. The second kappa shape index (κ2) is 4.97. The topological polar surface area (TPSA) is 75.1 Å². The van der Waals surface area contributed by atoms with Crippen LogP contribution >= 0.6 is 0 Å². The minimum atomic E-state index is -0.422. The van der Waals surface area contributed by atoms with Gasteiger partial charge in [0, 0.05) is 6.20 Å². The van der Waals surface area contributed by atoms with E-state index in [0.717, 1.165) is 10.8 Å². The minimum absolute atomic E-state index is 0.0647. The van der Waals surface area contributed by atoms with Crippen molar-refractivity contribution in [2.24, 2.45) is 0 Å². The molecule has 0 aliphatic carbocycles. The largest absolute Gasteiger partial charge is 0.507 e. The highest BCUT2D eigenvalue weighted by molar-refractivity contribution is 6.08. The van der Waals surface area contributed by atoms with Crippen molar-refractivity contribution in [1.29, 1.82) is 0 Å². The van der Waals surface area contributed by atoms with Gasteiger partial charge in [0.05, 0.1) is 5.56 Å². The van der Waals surface area contributed by atoms with Gasteiger partial charge in [0.15, 0.2) is 5.82 Å². The van der Waals surface area contributed by atoms with Crippen molar-refractivity contribution in [3.63, 3.8) is 0 Å². The van der Waals surface area contributed by atoms with Crippen LogP contribution in [0.25, 0.3) is 10.8 Å². The van der Waals surface area contributed by atoms with E-state index in [4.69, 9.17) is 0 Å². The second-order valence-electron chi connectivity index (χ2n) is 4.28. The monoisotopic (exact) mass is 265 g/mol. The zero-order valence-corrected chi connectivity index (χ0v) is 10.4. The summed E-state index contributed by atoms with van der Waals surface area (Å²) in [5.74, 6) is -0.149. The molecule has 1 heterocycles. The van der Waals surface area contributed by atoms with Crippen molar-refractivity contribution in [3.05, 3.63) is 60.3 Å². The molecule has 3 rings (SSSR count). The van der Waals surface area contributed by atoms with E-state index >= 15 is 0 Å². The number of phenolic OH excluding ortho intramolecular Hbond substituents is 1. The maximum absolute atomic E-state index is 12.1. The van der Waals surface area contributed by atoms with E-state index < -0.39 is 5.91 Å². The molecule has 0 radical (unpaired) electrons. The van der Waals surface area contributed by atoms with E-state index in [1.165, 1.54) is 6.20 Å². The molecule has 3 aromatic rings. The Morgan fingerprint density at radius 3 is 2.50 bits per heavy atom. The molecule has 1 aromatic heterocycles. The first kappa shape index (κ1) is 12.1. The van der Waals surface area contributed by atoms with Crippen LogP contribution in [-0.4, -0.2) is 21.2 Å². The van der Waals surface area contributed by atoms with E-state index in [2.05, 4.69) is 15.5 Å². The third-order valence-electron chi connectivity index (χ3n) is 2.92. The second-order valence-corrected chi connectivity index (χ2v) is 4.28. The molecule has 0 aliphatic rings. The molecular weight excluding hydrogens is 254 g/mol. The number of phenols is 1. The van der Waals surface area contributed by atoms with Gasteiger partial charge in [-0.15, -0.1) is 5.10 Å². The number of aromatic hydroxyl groups is 1. The van der Waals surface area contributed by atoms with Crippen molar-refractivity contribution in [2.75, 3.05) is 5.32 Å². The van der Waals surface area contributed by atoms with Gasteiger partial charge in [-0.3, -0.25) is 4.79 Å². The number of carbonyl (C=O) groups excluding carboxylic acids is 1. The fourth-order valence-electron chi connectivity index (χ4n) is 1.96. The van der Waals surface area contributed by atoms with Crippen LogP contribution in [0.3, 0.4) is 0 Å². The smallest absolute Gasteiger partial charge is 0.260 e. The van der Waals surface area contributed by atoms with Gasteiger partial charge >= 0.3 is 0 Å². The molecule has 5 nitrogen and oxygen atoms in total. The van der Waals surface area contributed by atoms with Gasteiger partial charge in [0.2, 0.25) is 0 Å². The molecular formula is C15H11N3O2. The summed E-state index contributed by atoms with van der Waals surface area (Å²) in [4.78, 5) is 12.1. The number of nitrogens with zero attached hydrogens (tertiary/aromatic N) is 2. The number of rotatable bonds is 2. The number of hydrogen-bond acceptors (Lipinski definition) is 4. The van der Waals surface area contributed by atoms with E-state index in [9.17, 15) is 9.90 Å². The van der Waals surface area contributed by atoms with Crippen LogP contribution in [0, 0.1) is 0 Å². The molecule has 0 aliphatic heterocycles. The highest BCUT2D eigenvalue weighted by Crippen LogP contribution is 2.25. The Morgan fingerprint density at radius 2 is 1.80 bits per heavy atom. The van der Waals surface area contributed by atoms with E-state index in [0.29, 0.717) is 5.82 Å². The lowest BCUT2D eigenvalue weighted by molar-refractivity contribution is 0.102. The van der Waals surface area contributed by atoms with Crippen LogP contribution < -0.4 is 5.32 Å². The molecule has 20 heavy (non-hydrogen) atoms. The van der Waals surface area contributed by atoms with Gasteiger partial charge in [-0.05, 0) is 35.0 Å². The predicted octanol–water partition coefficient (Wildman–Crippen LogP) is 2.59. The zero-order valence-electron chi connectivity index (χ0n) is 10.4. The highest BCUT2D eigenvalue weighted by Gasteiger charge is 2.13. The van der Waals surface area contributed by atoms with E-state index in [-0.39, 0.29) is 11.3 Å². The third-order valence-corrected chi connectivity index (χ3v) is 2.92. The molecule has 0 unspecified atom stereocenters. The van der Waals surface area contributed by atoms with Gasteiger partial charge in [0.25, 0.3) is 5.91 Å². The van der Waals surface area contributed by atoms with Gasteiger partial charge in [-0.25, -0.2) is 0 Å². The summed E-state index contributed by atoms with van der Waals surface area (Å²) in [6, 6.07) is 14.0. The number of fused-ring (bicyclic) bond motifs is 1. The number of amides is 1. The summed E-state index contributed by atoms with van der Waals surface area (Å²) >= 11 is 0. The van der Waals surface area contributed by atoms with Crippen LogP contribution in [0.2, 0.25) is 0 Å². The number of hydrogen-bond donors (Lipinski definition) is 2. The SMILES string of the molecule is O=C(Nc1cccnn1)c1cc2ccccc2cc1O. The van der Waals surface area contributed by atoms with Gasteiger partial charge in [-0.2, -0.15) is 5.10 Å². The molecule has 2 N–H and O–H groups in total. The molecule has 0 bridgehead atoms. The third kappa shape index (κ3) is 2.29. The lowest BCUT2D eigenvalue weighted by Crippen LogP contribution is -2.13. The number of aromatic nitrogens is 2. The lowest BCUT2D eigenvalue weighted by Gasteiger charge is -2.07. The van der Waals surface area contributed by atoms with Crippen LogP contribution in [0.15, 0.2) is 54.7 Å². The molecule has 0 atom stereocenters. The average Bonchev–Trinajstić information content (AvgIpc) is 2.47. The van der Waals surface area contributed by atoms with E-state index in [1.54, 1.807) is 24.3 Å². The standard InChI is InChI=1S/C15H11N3O2/c19-13-9-11-5-2-1-4-10(11)8-12(13)15(20)17-14-6-3-7-16-18-14/h1-9,19H,(H,17,18,20). The number of nitrogens with one attached hydrogen (secondary N) is 1. The van der Waals surface area contributed by atoms with E-state index in [1.807, 2.05) is 24.3 Å². The maximum Gasteiger partial charge on any atom is 0.260 e. The maximum atomic E-state index is 12.1. The predicted molar refractivity (Wildman–Crippen MR) is 75.6 cm³/mol. The Morgan fingerprint density at radius 1 is 1.05 bits per heavy atom. The van der Waals surface area contributed by atoms with Gasteiger partial charge in [-0.1, -0.05) is 24.3 Å². The zero-order chi connectivity index (χ0) is 13.9. The Balaban J connectivity index is 1.97. The Hall–Kier alpha value is -2.95. The molecule has 0 spiro atoms. The molecule has 2 aromatic carbocycles. The fourth-order valence-corrected chi connectivity index (χ4v) is 1.96. The lowest BCUT2D eigenvalue weighted by atomic mass is 10.1. The Bertz CT molecular complexity index is 772. The van der Waals surface area contributed by atoms with Gasteiger partial charge < -0.3 is 10.4 Å². The highest BCUT2D eigenvalue weighted by atomic mass is 16.3. The summed E-state index contributed by atoms with van der Waals surface area (Å²) in [7, 11) is 0. The molecule has 0 saturated heterocycles. The summed E-state index contributed by atoms with van der Waals surface area (Å²) in [5.41, 5.74) is 0.203. The Kier molecular flexibility index (Phi) is 3.01. The van der Waals surface area contributed by atoms with Crippen molar-refractivity contribution in [1.82, 2.24) is 10.2 Å².